The second-order valence-electron chi connectivity index (χ2n) is 5.43. The first-order valence-electron chi connectivity index (χ1n) is 6.91. The highest BCUT2D eigenvalue weighted by Gasteiger charge is 2.24. The standard InChI is InChI=1S/C15H20N4/c1-10-7-8-17-9-12(10)13-14(16)19(2)15(18-13)11-5-3-4-6-11/h7-9,11H,3-6,16H2,1-2H3. The van der Waals surface area contributed by atoms with Crippen molar-refractivity contribution in [2.45, 2.75) is 38.5 Å². The van der Waals surface area contributed by atoms with Gasteiger partial charge in [0.05, 0.1) is 0 Å². The molecule has 0 aromatic carbocycles. The molecule has 0 radical (unpaired) electrons. The Morgan fingerprint density at radius 2 is 2.05 bits per heavy atom. The third-order valence-corrected chi connectivity index (χ3v) is 4.19. The molecule has 1 aliphatic rings. The minimum Gasteiger partial charge on any atom is -0.383 e. The highest BCUT2D eigenvalue weighted by molar-refractivity contribution is 5.73. The summed E-state index contributed by atoms with van der Waals surface area (Å²) in [5.74, 6) is 2.45. The fourth-order valence-corrected chi connectivity index (χ4v) is 2.99. The smallest absolute Gasteiger partial charge is 0.131 e. The summed E-state index contributed by atoms with van der Waals surface area (Å²) in [6.07, 6.45) is 8.73. The molecule has 4 nitrogen and oxygen atoms in total. The van der Waals surface area contributed by atoms with Crippen LogP contribution in [0.1, 0.15) is 43.0 Å². The van der Waals surface area contributed by atoms with E-state index >= 15 is 0 Å². The number of aryl methyl sites for hydroxylation is 1. The minimum absolute atomic E-state index is 0.568. The van der Waals surface area contributed by atoms with Gasteiger partial charge in [0.25, 0.3) is 0 Å². The van der Waals surface area contributed by atoms with E-state index in [1.807, 2.05) is 19.3 Å². The highest BCUT2D eigenvalue weighted by Crippen LogP contribution is 2.37. The van der Waals surface area contributed by atoms with Gasteiger partial charge >= 0.3 is 0 Å². The van der Waals surface area contributed by atoms with Crippen LogP contribution in [-0.2, 0) is 7.05 Å². The van der Waals surface area contributed by atoms with Crippen LogP contribution < -0.4 is 5.73 Å². The predicted molar refractivity (Wildman–Crippen MR) is 76.8 cm³/mol. The molecular formula is C15H20N4. The van der Waals surface area contributed by atoms with Crippen molar-refractivity contribution in [3.8, 4) is 11.3 Å². The molecule has 2 heterocycles. The summed E-state index contributed by atoms with van der Waals surface area (Å²) >= 11 is 0. The maximum absolute atomic E-state index is 6.24. The molecule has 0 atom stereocenters. The van der Waals surface area contributed by atoms with Gasteiger partial charge in [0.2, 0.25) is 0 Å². The lowest BCUT2D eigenvalue weighted by atomic mass is 10.1. The summed E-state index contributed by atoms with van der Waals surface area (Å²) in [5, 5.41) is 0. The Morgan fingerprint density at radius 3 is 2.74 bits per heavy atom. The molecule has 19 heavy (non-hydrogen) atoms. The van der Waals surface area contributed by atoms with Crippen molar-refractivity contribution in [3.05, 3.63) is 29.8 Å². The van der Waals surface area contributed by atoms with Crippen molar-refractivity contribution >= 4 is 5.82 Å². The number of pyridine rings is 1. The summed E-state index contributed by atoms with van der Waals surface area (Å²) in [6, 6.07) is 2.00. The van der Waals surface area contributed by atoms with Crippen LogP contribution in [0.25, 0.3) is 11.3 Å². The van der Waals surface area contributed by atoms with E-state index in [4.69, 9.17) is 10.7 Å². The summed E-state index contributed by atoms with van der Waals surface area (Å²) in [7, 11) is 2.02. The molecule has 2 N–H and O–H groups in total. The second kappa shape index (κ2) is 4.68. The van der Waals surface area contributed by atoms with Gasteiger partial charge in [0.1, 0.15) is 17.3 Å². The highest BCUT2D eigenvalue weighted by atomic mass is 15.1. The topological polar surface area (TPSA) is 56.7 Å². The maximum Gasteiger partial charge on any atom is 0.131 e. The molecule has 4 heteroatoms. The third-order valence-electron chi connectivity index (χ3n) is 4.19. The lowest BCUT2D eigenvalue weighted by Gasteiger charge is -2.08. The summed E-state index contributed by atoms with van der Waals surface area (Å²) < 4.78 is 2.05. The average molecular weight is 256 g/mol. The maximum atomic E-state index is 6.24. The lowest BCUT2D eigenvalue weighted by molar-refractivity contribution is 0.635. The Hall–Kier alpha value is -1.84. The van der Waals surface area contributed by atoms with Crippen molar-refractivity contribution in [1.29, 1.82) is 0 Å². The van der Waals surface area contributed by atoms with E-state index in [1.165, 1.54) is 25.7 Å². The van der Waals surface area contributed by atoms with Gasteiger partial charge in [-0.15, -0.1) is 0 Å². The van der Waals surface area contributed by atoms with Gasteiger partial charge in [-0.2, -0.15) is 0 Å². The van der Waals surface area contributed by atoms with Crippen LogP contribution in [0.15, 0.2) is 18.5 Å². The van der Waals surface area contributed by atoms with Gasteiger partial charge in [0.15, 0.2) is 0 Å². The fraction of sp³-hybridized carbons (Fsp3) is 0.467. The molecule has 0 spiro atoms. The number of hydrogen-bond acceptors (Lipinski definition) is 3. The Morgan fingerprint density at radius 1 is 1.32 bits per heavy atom. The van der Waals surface area contributed by atoms with Gasteiger partial charge < -0.3 is 10.3 Å². The molecule has 2 aromatic rings. The Bertz CT molecular complexity index is 594. The number of nitrogens with zero attached hydrogens (tertiary/aromatic N) is 3. The number of anilines is 1. The van der Waals surface area contributed by atoms with E-state index in [1.54, 1.807) is 6.20 Å². The van der Waals surface area contributed by atoms with E-state index < -0.39 is 0 Å². The summed E-state index contributed by atoms with van der Waals surface area (Å²) in [5.41, 5.74) is 9.34. The van der Waals surface area contributed by atoms with Crippen LogP contribution in [0.4, 0.5) is 5.82 Å². The first kappa shape index (κ1) is 12.2. The summed E-state index contributed by atoms with van der Waals surface area (Å²) in [4.78, 5) is 9.02. The molecule has 2 aromatic heterocycles. The van der Waals surface area contributed by atoms with Crippen LogP contribution in [0, 0.1) is 6.92 Å². The van der Waals surface area contributed by atoms with E-state index in [2.05, 4.69) is 16.5 Å². The summed E-state index contributed by atoms with van der Waals surface area (Å²) in [6.45, 7) is 2.07. The van der Waals surface area contributed by atoms with Crippen molar-refractivity contribution in [1.82, 2.24) is 14.5 Å². The Labute approximate surface area is 113 Å². The largest absolute Gasteiger partial charge is 0.383 e. The first-order valence-corrected chi connectivity index (χ1v) is 6.91. The SMILES string of the molecule is Cc1ccncc1-c1nc(C2CCCC2)n(C)c1N. The van der Waals surface area contributed by atoms with Gasteiger partial charge in [-0.05, 0) is 31.4 Å². The van der Waals surface area contributed by atoms with Crippen LogP contribution in [0.5, 0.6) is 0 Å². The number of nitrogen functional groups attached to an aromatic ring is 1. The molecule has 1 fully saturated rings. The zero-order valence-electron chi connectivity index (χ0n) is 11.6. The molecule has 0 amide bonds. The Balaban J connectivity index is 2.08. The first-order chi connectivity index (χ1) is 9.18. The van der Waals surface area contributed by atoms with E-state index in [0.717, 1.165) is 28.5 Å². The van der Waals surface area contributed by atoms with E-state index in [-0.39, 0.29) is 0 Å². The van der Waals surface area contributed by atoms with Crippen LogP contribution in [-0.4, -0.2) is 14.5 Å². The molecule has 1 saturated carbocycles. The number of nitrogens with two attached hydrogens (primary N) is 1. The molecular weight excluding hydrogens is 236 g/mol. The zero-order chi connectivity index (χ0) is 13.4. The monoisotopic (exact) mass is 256 g/mol. The number of hydrogen-bond donors (Lipinski definition) is 1. The van der Waals surface area contributed by atoms with Crippen molar-refractivity contribution in [2.24, 2.45) is 7.05 Å². The predicted octanol–water partition coefficient (Wildman–Crippen LogP) is 3.03. The third kappa shape index (κ3) is 2.01. The number of aromatic nitrogens is 3. The second-order valence-corrected chi connectivity index (χ2v) is 5.43. The van der Waals surface area contributed by atoms with Gasteiger partial charge in [-0.25, -0.2) is 4.98 Å². The van der Waals surface area contributed by atoms with Crippen LogP contribution in [0.3, 0.4) is 0 Å². The molecule has 0 unspecified atom stereocenters. The molecule has 0 saturated heterocycles. The molecule has 0 bridgehead atoms. The lowest BCUT2D eigenvalue weighted by Crippen LogP contribution is -2.05. The molecule has 3 rings (SSSR count). The fourth-order valence-electron chi connectivity index (χ4n) is 2.99. The minimum atomic E-state index is 0.568. The Kier molecular flexibility index (Phi) is 3.01. The van der Waals surface area contributed by atoms with Crippen LogP contribution >= 0.6 is 0 Å². The van der Waals surface area contributed by atoms with Crippen molar-refractivity contribution in [3.63, 3.8) is 0 Å². The molecule has 0 aliphatic heterocycles. The van der Waals surface area contributed by atoms with Gasteiger partial charge in [0, 0.05) is 30.9 Å². The molecule has 100 valence electrons. The van der Waals surface area contributed by atoms with E-state index in [0.29, 0.717) is 5.92 Å². The zero-order valence-corrected chi connectivity index (χ0v) is 11.6. The average Bonchev–Trinajstić information content (AvgIpc) is 3.02. The van der Waals surface area contributed by atoms with Crippen molar-refractivity contribution < 1.29 is 0 Å². The quantitative estimate of drug-likeness (QED) is 0.898. The van der Waals surface area contributed by atoms with Crippen LogP contribution in [0.2, 0.25) is 0 Å². The van der Waals surface area contributed by atoms with Crippen molar-refractivity contribution in [2.75, 3.05) is 5.73 Å². The van der Waals surface area contributed by atoms with Gasteiger partial charge in [-0.3, -0.25) is 4.98 Å². The van der Waals surface area contributed by atoms with Gasteiger partial charge in [-0.1, -0.05) is 12.8 Å². The molecule has 1 aliphatic carbocycles. The normalized spacial score (nSPS) is 16.1. The van der Waals surface area contributed by atoms with E-state index in [9.17, 15) is 0 Å². The number of imidazole rings is 1. The number of rotatable bonds is 2.